The summed E-state index contributed by atoms with van der Waals surface area (Å²) in [7, 11) is 0. The van der Waals surface area contributed by atoms with Crippen LogP contribution in [0.3, 0.4) is 0 Å². The summed E-state index contributed by atoms with van der Waals surface area (Å²) in [6, 6.07) is 1.87. The molecule has 1 aliphatic heterocycles. The Morgan fingerprint density at radius 2 is 1.82 bits per heavy atom. The van der Waals surface area contributed by atoms with Crippen molar-refractivity contribution in [3.05, 3.63) is 17.5 Å². The van der Waals surface area contributed by atoms with E-state index in [1.54, 1.807) is 0 Å². The van der Waals surface area contributed by atoms with E-state index in [0.29, 0.717) is 5.95 Å². The zero-order chi connectivity index (χ0) is 12.6. The molecule has 0 N–H and O–H groups in total. The van der Waals surface area contributed by atoms with Crippen LogP contribution in [0.1, 0.15) is 31.7 Å². The molecule has 5 heteroatoms. The summed E-state index contributed by atoms with van der Waals surface area (Å²) in [6.45, 7) is 7.61. The Balaban J connectivity index is 2.39. The minimum absolute atomic E-state index is 0.0324. The smallest absolute Gasteiger partial charge is 0.258 e. The number of hydrogen-bond acceptors (Lipinski definition) is 4. The molecule has 1 atom stereocenters. The second-order valence-corrected chi connectivity index (χ2v) is 4.30. The fraction of sp³-hybridized carbons (Fsp3) is 0.500. The highest BCUT2D eigenvalue weighted by molar-refractivity contribution is 6.14. The molecule has 2 rings (SSSR count). The molecule has 0 aromatic carbocycles. The fourth-order valence-corrected chi connectivity index (χ4v) is 2.02. The minimum atomic E-state index is -0.126. The predicted octanol–water partition coefficient (Wildman–Crippen LogP) is 1.84. The van der Waals surface area contributed by atoms with Crippen molar-refractivity contribution >= 4 is 17.6 Å². The second kappa shape index (κ2) is 4.24. The molecule has 90 valence electrons. The molecule has 0 fully saturated rings. The van der Waals surface area contributed by atoms with Crippen molar-refractivity contribution in [1.82, 2.24) is 9.97 Å². The first-order valence-corrected chi connectivity index (χ1v) is 5.74. The maximum atomic E-state index is 12.1. The highest BCUT2D eigenvalue weighted by atomic mass is 16.2. The highest BCUT2D eigenvalue weighted by Crippen LogP contribution is 2.23. The molecule has 2 heterocycles. The first-order chi connectivity index (χ1) is 8.02. The SMILES string of the molecule is CC[C@H]1C(=O)N(c2nc(C)cc(C)n2)N=C1C. The third-order valence-electron chi connectivity index (χ3n) is 2.84. The van der Waals surface area contributed by atoms with Gasteiger partial charge in [0.05, 0.1) is 5.92 Å². The summed E-state index contributed by atoms with van der Waals surface area (Å²) in [4.78, 5) is 20.6. The van der Waals surface area contributed by atoms with Crippen LogP contribution in [-0.2, 0) is 4.79 Å². The molecule has 17 heavy (non-hydrogen) atoms. The number of hydrazone groups is 1. The molecule has 0 aliphatic carbocycles. The van der Waals surface area contributed by atoms with Crippen molar-refractivity contribution in [2.24, 2.45) is 11.0 Å². The fourth-order valence-electron chi connectivity index (χ4n) is 2.02. The van der Waals surface area contributed by atoms with Crippen LogP contribution in [0.25, 0.3) is 0 Å². The standard InChI is InChI=1S/C12H16N4O/c1-5-10-9(4)15-16(11(10)17)12-13-7(2)6-8(3)14-12/h6,10H,5H2,1-4H3/t10-/m1/s1. The molecule has 0 saturated heterocycles. The lowest BCUT2D eigenvalue weighted by Gasteiger charge is -2.12. The van der Waals surface area contributed by atoms with E-state index in [-0.39, 0.29) is 11.8 Å². The van der Waals surface area contributed by atoms with E-state index < -0.39 is 0 Å². The van der Waals surface area contributed by atoms with Crippen LogP contribution in [0.2, 0.25) is 0 Å². The molecule has 1 aromatic heterocycles. The zero-order valence-corrected chi connectivity index (χ0v) is 10.6. The molecule has 1 amide bonds. The van der Waals surface area contributed by atoms with Crippen LogP contribution >= 0.6 is 0 Å². The molecule has 1 aromatic rings. The van der Waals surface area contributed by atoms with Crippen molar-refractivity contribution in [3.8, 4) is 0 Å². The Bertz CT molecular complexity index is 475. The summed E-state index contributed by atoms with van der Waals surface area (Å²) in [5.41, 5.74) is 2.52. The van der Waals surface area contributed by atoms with Gasteiger partial charge in [0.1, 0.15) is 0 Å². The van der Waals surface area contributed by atoms with Gasteiger partial charge in [-0.1, -0.05) is 6.92 Å². The van der Waals surface area contributed by atoms with Gasteiger partial charge in [0.25, 0.3) is 11.9 Å². The van der Waals surface area contributed by atoms with E-state index in [4.69, 9.17) is 0 Å². The number of hydrogen-bond donors (Lipinski definition) is 0. The highest BCUT2D eigenvalue weighted by Gasteiger charge is 2.34. The molecule has 1 aliphatic rings. The predicted molar refractivity (Wildman–Crippen MR) is 65.9 cm³/mol. The molecular formula is C12H16N4O. The number of aryl methyl sites for hydroxylation is 2. The number of aromatic nitrogens is 2. The first-order valence-electron chi connectivity index (χ1n) is 5.74. The summed E-state index contributed by atoms with van der Waals surface area (Å²) in [5, 5.41) is 5.57. The van der Waals surface area contributed by atoms with Gasteiger partial charge in [-0.25, -0.2) is 9.97 Å². The Hall–Kier alpha value is -1.78. The summed E-state index contributed by atoms with van der Waals surface area (Å²) in [5.74, 6) is 0.220. The van der Waals surface area contributed by atoms with Crippen molar-refractivity contribution in [2.45, 2.75) is 34.1 Å². The van der Waals surface area contributed by atoms with Crippen molar-refractivity contribution in [3.63, 3.8) is 0 Å². The van der Waals surface area contributed by atoms with E-state index in [1.807, 2.05) is 33.8 Å². The Kier molecular flexibility index (Phi) is 2.92. The van der Waals surface area contributed by atoms with E-state index in [2.05, 4.69) is 15.1 Å². The van der Waals surface area contributed by atoms with E-state index in [1.165, 1.54) is 5.01 Å². The number of carbonyl (C=O) groups is 1. The Labute approximate surface area is 101 Å². The van der Waals surface area contributed by atoms with Crippen LogP contribution in [-0.4, -0.2) is 21.6 Å². The van der Waals surface area contributed by atoms with Crippen molar-refractivity contribution < 1.29 is 4.79 Å². The van der Waals surface area contributed by atoms with Crippen LogP contribution in [0, 0.1) is 19.8 Å². The van der Waals surface area contributed by atoms with Crippen LogP contribution in [0.5, 0.6) is 0 Å². The molecule has 0 spiro atoms. The van der Waals surface area contributed by atoms with Crippen LogP contribution < -0.4 is 5.01 Å². The maximum absolute atomic E-state index is 12.1. The lowest BCUT2D eigenvalue weighted by molar-refractivity contribution is -0.119. The zero-order valence-electron chi connectivity index (χ0n) is 10.6. The van der Waals surface area contributed by atoms with Gasteiger partial charge in [-0.3, -0.25) is 4.79 Å². The average molecular weight is 232 g/mol. The van der Waals surface area contributed by atoms with Crippen molar-refractivity contribution in [1.29, 1.82) is 0 Å². The van der Waals surface area contributed by atoms with Gasteiger partial charge in [0, 0.05) is 17.1 Å². The Morgan fingerprint density at radius 1 is 1.24 bits per heavy atom. The number of nitrogens with zero attached hydrogens (tertiary/aromatic N) is 4. The van der Waals surface area contributed by atoms with Gasteiger partial charge < -0.3 is 0 Å². The molecule has 0 bridgehead atoms. The van der Waals surface area contributed by atoms with Gasteiger partial charge in [0.15, 0.2) is 0 Å². The van der Waals surface area contributed by atoms with Crippen LogP contribution in [0.15, 0.2) is 11.2 Å². The maximum Gasteiger partial charge on any atom is 0.258 e. The molecular weight excluding hydrogens is 216 g/mol. The van der Waals surface area contributed by atoms with Gasteiger partial charge >= 0.3 is 0 Å². The van der Waals surface area contributed by atoms with Gasteiger partial charge in [-0.05, 0) is 33.3 Å². The number of anilines is 1. The minimum Gasteiger partial charge on any atom is -0.272 e. The summed E-state index contributed by atoms with van der Waals surface area (Å²) < 4.78 is 0. The lowest BCUT2D eigenvalue weighted by Crippen LogP contribution is -2.28. The van der Waals surface area contributed by atoms with E-state index >= 15 is 0 Å². The number of rotatable bonds is 2. The number of carbonyl (C=O) groups excluding carboxylic acids is 1. The third-order valence-corrected chi connectivity index (χ3v) is 2.84. The Morgan fingerprint density at radius 3 is 2.29 bits per heavy atom. The lowest BCUT2D eigenvalue weighted by atomic mass is 10.0. The van der Waals surface area contributed by atoms with E-state index in [9.17, 15) is 4.79 Å². The summed E-state index contributed by atoms with van der Waals surface area (Å²) in [6.07, 6.45) is 0.759. The van der Waals surface area contributed by atoms with Crippen LogP contribution in [0.4, 0.5) is 5.95 Å². The topological polar surface area (TPSA) is 58.5 Å². The monoisotopic (exact) mass is 232 g/mol. The number of amides is 1. The molecule has 0 saturated carbocycles. The first kappa shape index (κ1) is 11.7. The second-order valence-electron chi connectivity index (χ2n) is 4.30. The molecule has 5 nitrogen and oxygen atoms in total. The van der Waals surface area contributed by atoms with Gasteiger partial charge in [0.2, 0.25) is 0 Å². The largest absolute Gasteiger partial charge is 0.272 e. The normalized spacial score (nSPS) is 19.8. The van der Waals surface area contributed by atoms with Gasteiger partial charge in [-0.15, -0.1) is 0 Å². The third kappa shape index (κ3) is 2.05. The molecule has 0 radical (unpaired) electrons. The van der Waals surface area contributed by atoms with Crippen molar-refractivity contribution in [2.75, 3.05) is 5.01 Å². The average Bonchev–Trinajstić information content (AvgIpc) is 2.52. The summed E-state index contributed by atoms with van der Waals surface area (Å²) >= 11 is 0. The van der Waals surface area contributed by atoms with E-state index in [0.717, 1.165) is 23.5 Å². The quantitative estimate of drug-likeness (QED) is 0.781. The van der Waals surface area contributed by atoms with Gasteiger partial charge in [-0.2, -0.15) is 10.1 Å². The molecule has 0 unspecified atom stereocenters.